The molecule has 1 aliphatic rings. The highest BCUT2D eigenvalue weighted by atomic mass is 32.2. The van der Waals surface area contributed by atoms with Crippen molar-refractivity contribution in [2.24, 2.45) is 5.92 Å². The van der Waals surface area contributed by atoms with Crippen LogP contribution in [0.2, 0.25) is 0 Å². The second-order valence-corrected chi connectivity index (χ2v) is 5.44. The number of nitrogens with zero attached hydrogens (tertiary/aromatic N) is 2. The minimum absolute atomic E-state index is 0.335. The van der Waals surface area contributed by atoms with E-state index >= 15 is 0 Å². The topological polar surface area (TPSA) is 64.3 Å². The van der Waals surface area contributed by atoms with Gasteiger partial charge < -0.3 is 10.0 Å². The molecule has 1 aromatic rings. The molecular weight excluding hydrogens is 260 g/mol. The van der Waals surface area contributed by atoms with Crippen molar-refractivity contribution < 1.29 is 9.90 Å². The third kappa shape index (κ3) is 2.85. The number of benzene rings is 1. The van der Waals surface area contributed by atoms with E-state index in [0.29, 0.717) is 12.1 Å². The quantitative estimate of drug-likeness (QED) is 0.860. The van der Waals surface area contributed by atoms with E-state index in [2.05, 4.69) is 6.07 Å². The third-order valence-electron chi connectivity index (χ3n) is 3.45. The Balaban J connectivity index is 2.31. The van der Waals surface area contributed by atoms with E-state index in [1.807, 2.05) is 29.4 Å². The molecule has 1 atom stereocenters. The first-order valence-corrected chi connectivity index (χ1v) is 7.44. The highest BCUT2D eigenvalue weighted by Crippen LogP contribution is 2.31. The summed E-state index contributed by atoms with van der Waals surface area (Å²) in [5.74, 6) is -1.08. The van der Waals surface area contributed by atoms with E-state index in [4.69, 9.17) is 5.11 Å². The maximum Gasteiger partial charge on any atom is 0.308 e. The van der Waals surface area contributed by atoms with Crippen molar-refractivity contribution in [1.82, 2.24) is 0 Å². The zero-order valence-electron chi connectivity index (χ0n) is 10.8. The largest absolute Gasteiger partial charge is 0.481 e. The van der Waals surface area contributed by atoms with Crippen LogP contribution in [0.5, 0.6) is 0 Å². The molecule has 5 heteroatoms. The minimum atomic E-state index is -0.746. The van der Waals surface area contributed by atoms with Crippen LogP contribution in [0.4, 0.5) is 5.69 Å². The third-order valence-corrected chi connectivity index (χ3v) is 4.23. The molecule has 0 aliphatic carbocycles. The molecule has 1 N–H and O–H groups in total. The van der Waals surface area contributed by atoms with Crippen LogP contribution in [0.1, 0.15) is 18.4 Å². The summed E-state index contributed by atoms with van der Waals surface area (Å²) in [6, 6.07) is 8.00. The van der Waals surface area contributed by atoms with Crippen molar-refractivity contribution in [1.29, 1.82) is 5.26 Å². The van der Waals surface area contributed by atoms with Crippen LogP contribution in [0.3, 0.4) is 0 Å². The normalized spacial score (nSPS) is 18.9. The van der Waals surface area contributed by atoms with Gasteiger partial charge in [0, 0.05) is 18.0 Å². The summed E-state index contributed by atoms with van der Waals surface area (Å²) in [5.41, 5.74) is 1.52. The van der Waals surface area contributed by atoms with Crippen molar-refractivity contribution in [3.8, 4) is 6.07 Å². The molecule has 1 aliphatic heterocycles. The molecule has 19 heavy (non-hydrogen) atoms. The number of nitriles is 1. The van der Waals surface area contributed by atoms with E-state index in [1.165, 1.54) is 11.8 Å². The number of carbonyl (C=O) groups is 1. The Labute approximate surface area is 117 Å². The van der Waals surface area contributed by atoms with Gasteiger partial charge in [-0.2, -0.15) is 5.26 Å². The minimum Gasteiger partial charge on any atom is -0.481 e. The van der Waals surface area contributed by atoms with Crippen molar-refractivity contribution >= 4 is 23.4 Å². The second-order valence-electron chi connectivity index (χ2n) is 4.59. The Bertz CT molecular complexity index is 525. The van der Waals surface area contributed by atoms with E-state index in [0.717, 1.165) is 30.0 Å². The molecule has 0 saturated carbocycles. The summed E-state index contributed by atoms with van der Waals surface area (Å²) in [6.45, 7) is 1.30. The molecule has 0 radical (unpaired) electrons. The van der Waals surface area contributed by atoms with Gasteiger partial charge in [-0.25, -0.2) is 0 Å². The predicted molar refractivity (Wildman–Crippen MR) is 75.5 cm³/mol. The molecule has 1 unspecified atom stereocenters. The fourth-order valence-corrected chi connectivity index (χ4v) is 3.03. The van der Waals surface area contributed by atoms with Gasteiger partial charge in [-0.05, 0) is 31.2 Å². The van der Waals surface area contributed by atoms with Crippen LogP contribution in [-0.2, 0) is 4.79 Å². The van der Waals surface area contributed by atoms with Crippen LogP contribution in [0.15, 0.2) is 23.1 Å². The molecule has 0 amide bonds. The first-order chi connectivity index (χ1) is 9.17. The lowest BCUT2D eigenvalue weighted by Crippen LogP contribution is -2.39. The fourth-order valence-electron chi connectivity index (χ4n) is 2.46. The number of rotatable bonds is 3. The van der Waals surface area contributed by atoms with Gasteiger partial charge in [0.15, 0.2) is 0 Å². The van der Waals surface area contributed by atoms with Crippen molar-refractivity contribution in [3.05, 3.63) is 23.8 Å². The Morgan fingerprint density at radius 2 is 2.37 bits per heavy atom. The number of anilines is 1. The Morgan fingerprint density at radius 3 is 3.00 bits per heavy atom. The number of carboxylic acids is 1. The monoisotopic (exact) mass is 276 g/mol. The van der Waals surface area contributed by atoms with Crippen LogP contribution < -0.4 is 4.90 Å². The van der Waals surface area contributed by atoms with Gasteiger partial charge in [0.05, 0.1) is 17.2 Å². The molecule has 1 heterocycles. The molecule has 2 rings (SSSR count). The average Bonchev–Trinajstić information content (AvgIpc) is 2.46. The maximum absolute atomic E-state index is 11.1. The first-order valence-electron chi connectivity index (χ1n) is 6.22. The molecule has 4 nitrogen and oxygen atoms in total. The predicted octanol–water partition coefficient (Wildman–Crippen LogP) is 2.58. The molecule has 1 saturated heterocycles. The fraction of sp³-hybridized carbons (Fsp3) is 0.429. The van der Waals surface area contributed by atoms with Crippen molar-refractivity contribution in [3.63, 3.8) is 0 Å². The number of hydrogen-bond donors (Lipinski definition) is 1. The summed E-state index contributed by atoms with van der Waals surface area (Å²) in [6.07, 6.45) is 3.51. The Morgan fingerprint density at radius 1 is 1.58 bits per heavy atom. The van der Waals surface area contributed by atoms with Crippen LogP contribution in [-0.4, -0.2) is 30.4 Å². The molecule has 1 fully saturated rings. The Kier molecular flexibility index (Phi) is 4.33. The lowest BCUT2D eigenvalue weighted by atomic mass is 9.97. The number of carboxylic acid groups (broad SMARTS) is 1. The summed E-state index contributed by atoms with van der Waals surface area (Å²) in [4.78, 5) is 14.1. The summed E-state index contributed by atoms with van der Waals surface area (Å²) in [7, 11) is 0. The van der Waals surface area contributed by atoms with E-state index < -0.39 is 5.97 Å². The number of aliphatic carboxylic acids is 1. The van der Waals surface area contributed by atoms with E-state index in [9.17, 15) is 10.1 Å². The highest BCUT2D eigenvalue weighted by Gasteiger charge is 2.27. The lowest BCUT2D eigenvalue weighted by Gasteiger charge is -2.33. The number of piperidine rings is 1. The number of hydrogen-bond acceptors (Lipinski definition) is 4. The van der Waals surface area contributed by atoms with E-state index in [1.54, 1.807) is 0 Å². The molecule has 0 spiro atoms. The van der Waals surface area contributed by atoms with Gasteiger partial charge in [-0.3, -0.25) is 4.79 Å². The second kappa shape index (κ2) is 5.98. The van der Waals surface area contributed by atoms with Crippen LogP contribution in [0, 0.1) is 17.2 Å². The standard InChI is InChI=1S/C14H16N2O2S/c1-19-13-6-2-5-12(11(13)8-15)16-7-3-4-10(9-16)14(17)18/h2,5-6,10H,3-4,7,9H2,1H3,(H,17,18). The molecule has 1 aromatic carbocycles. The average molecular weight is 276 g/mol. The van der Waals surface area contributed by atoms with Gasteiger partial charge >= 0.3 is 5.97 Å². The number of thioether (sulfide) groups is 1. The van der Waals surface area contributed by atoms with Gasteiger partial charge in [-0.15, -0.1) is 11.8 Å². The van der Waals surface area contributed by atoms with Crippen molar-refractivity contribution in [2.45, 2.75) is 17.7 Å². The lowest BCUT2D eigenvalue weighted by molar-refractivity contribution is -0.141. The molecule has 0 bridgehead atoms. The zero-order chi connectivity index (χ0) is 13.8. The smallest absolute Gasteiger partial charge is 0.308 e. The maximum atomic E-state index is 11.1. The van der Waals surface area contributed by atoms with Crippen LogP contribution in [0.25, 0.3) is 0 Å². The zero-order valence-corrected chi connectivity index (χ0v) is 11.6. The molecule has 100 valence electrons. The van der Waals surface area contributed by atoms with E-state index in [-0.39, 0.29) is 5.92 Å². The van der Waals surface area contributed by atoms with Gasteiger partial charge in [0.25, 0.3) is 0 Å². The van der Waals surface area contributed by atoms with Crippen molar-refractivity contribution in [2.75, 3.05) is 24.2 Å². The van der Waals surface area contributed by atoms with Gasteiger partial charge in [-0.1, -0.05) is 6.07 Å². The van der Waals surface area contributed by atoms with Crippen LogP contribution >= 0.6 is 11.8 Å². The summed E-state index contributed by atoms with van der Waals surface area (Å²) >= 11 is 1.54. The van der Waals surface area contributed by atoms with Gasteiger partial charge in [0.1, 0.15) is 6.07 Å². The Hall–Kier alpha value is -1.67. The first kappa shape index (κ1) is 13.8. The summed E-state index contributed by atoms with van der Waals surface area (Å²) in [5, 5.41) is 18.5. The highest BCUT2D eigenvalue weighted by molar-refractivity contribution is 7.98. The van der Waals surface area contributed by atoms with Gasteiger partial charge in [0.2, 0.25) is 0 Å². The molecule has 0 aromatic heterocycles. The SMILES string of the molecule is CSc1cccc(N2CCCC(C(=O)O)C2)c1C#N. The summed E-state index contributed by atoms with van der Waals surface area (Å²) < 4.78 is 0. The molecular formula is C14H16N2O2S.